The van der Waals surface area contributed by atoms with Crippen molar-refractivity contribution in [1.29, 1.82) is 5.26 Å². The molecule has 2 aromatic carbocycles. The third kappa shape index (κ3) is 2.04. The highest BCUT2D eigenvalue weighted by Crippen LogP contribution is 2.40. The number of rotatable bonds is 1. The molecule has 0 fully saturated rings. The van der Waals surface area contributed by atoms with Crippen molar-refractivity contribution in [2.45, 2.75) is 12.8 Å². The number of nitrogens with zero attached hydrogens (tertiary/aromatic N) is 2. The van der Waals surface area contributed by atoms with Gasteiger partial charge in [0.15, 0.2) is 0 Å². The summed E-state index contributed by atoms with van der Waals surface area (Å²) in [5.74, 6) is -0.160. The molecule has 0 bridgehead atoms. The van der Waals surface area contributed by atoms with Crippen LogP contribution in [0.3, 0.4) is 0 Å². The van der Waals surface area contributed by atoms with Gasteiger partial charge in [-0.1, -0.05) is 48.0 Å². The van der Waals surface area contributed by atoms with Crippen molar-refractivity contribution in [2.24, 2.45) is 5.73 Å². The van der Waals surface area contributed by atoms with E-state index in [0.717, 1.165) is 22.5 Å². The molecule has 2 heterocycles. The van der Waals surface area contributed by atoms with E-state index in [1.165, 1.54) is 5.56 Å². The van der Waals surface area contributed by atoms with Gasteiger partial charge in [0.1, 0.15) is 0 Å². The van der Waals surface area contributed by atoms with Gasteiger partial charge in [0.05, 0.1) is 23.0 Å². The summed E-state index contributed by atoms with van der Waals surface area (Å²) in [6, 6.07) is 22.8. The van der Waals surface area contributed by atoms with Gasteiger partial charge < -0.3 is 10.3 Å². The van der Waals surface area contributed by atoms with Crippen LogP contribution in [-0.4, -0.2) is 4.57 Å². The van der Waals surface area contributed by atoms with E-state index < -0.39 is 0 Å². The summed E-state index contributed by atoms with van der Waals surface area (Å²) in [5, 5.41) is 9.86. The molecule has 1 aliphatic heterocycles. The first-order chi connectivity index (χ1) is 11.7. The zero-order valence-corrected chi connectivity index (χ0v) is 13.4. The van der Waals surface area contributed by atoms with Crippen molar-refractivity contribution in [2.75, 3.05) is 0 Å². The van der Waals surface area contributed by atoms with Crippen LogP contribution in [0, 0.1) is 18.3 Å². The number of hydrogen-bond acceptors (Lipinski definition) is 2. The average Bonchev–Trinajstić information content (AvgIpc) is 3.06. The molecule has 0 saturated carbocycles. The molecule has 3 heteroatoms. The second-order valence-corrected chi connectivity index (χ2v) is 6.11. The molecule has 1 atom stereocenters. The Morgan fingerprint density at radius 3 is 2.50 bits per heavy atom. The Labute approximate surface area is 141 Å². The van der Waals surface area contributed by atoms with Crippen LogP contribution >= 0.6 is 0 Å². The first kappa shape index (κ1) is 14.3. The monoisotopic (exact) mass is 311 g/mol. The second kappa shape index (κ2) is 5.43. The minimum absolute atomic E-state index is 0.160. The molecular formula is C21H17N3. The fourth-order valence-electron chi connectivity index (χ4n) is 3.44. The number of benzene rings is 2. The van der Waals surface area contributed by atoms with E-state index in [9.17, 15) is 5.26 Å². The number of aromatic nitrogens is 1. The van der Waals surface area contributed by atoms with Crippen molar-refractivity contribution in [3.05, 3.63) is 94.8 Å². The molecule has 3 nitrogen and oxygen atoms in total. The zero-order valence-electron chi connectivity index (χ0n) is 13.4. The number of allylic oxidation sites excluding steroid dienone is 1. The van der Waals surface area contributed by atoms with Crippen LogP contribution in [0.25, 0.3) is 11.4 Å². The lowest BCUT2D eigenvalue weighted by molar-refractivity contribution is 0.958. The zero-order chi connectivity index (χ0) is 16.7. The third-order valence-corrected chi connectivity index (χ3v) is 4.64. The highest BCUT2D eigenvalue weighted by Gasteiger charge is 2.29. The number of fused-ring (bicyclic) bond motifs is 3. The van der Waals surface area contributed by atoms with Crippen LogP contribution in [0.4, 0.5) is 0 Å². The molecule has 0 radical (unpaired) electrons. The van der Waals surface area contributed by atoms with Gasteiger partial charge in [0, 0.05) is 17.8 Å². The molecule has 24 heavy (non-hydrogen) atoms. The first-order valence-corrected chi connectivity index (χ1v) is 7.94. The van der Waals surface area contributed by atoms with Crippen molar-refractivity contribution in [1.82, 2.24) is 4.57 Å². The van der Waals surface area contributed by atoms with E-state index in [4.69, 9.17) is 5.73 Å². The Morgan fingerprint density at radius 2 is 1.75 bits per heavy atom. The summed E-state index contributed by atoms with van der Waals surface area (Å²) in [6.07, 6.45) is 1.99. The smallest absolute Gasteiger partial charge is 0.0979 e. The molecular weight excluding hydrogens is 294 g/mol. The summed E-state index contributed by atoms with van der Waals surface area (Å²) in [7, 11) is 0. The second-order valence-electron chi connectivity index (χ2n) is 6.11. The van der Waals surface area contributed by atoms with E-state index in [-0.39, 0.29) is 5.92 Å². The lowest BCUT2D eigenvalue weighted by Gasteiger charge is -2.19. The van der Waals surface area contributed by atoms with Crippen LogP contribution < -0.4 is 5.73 Å². The topological polar surface area (TPSA) is 54.7 Å². The maximum absolute atomic E-state index is 9.86. The lowest BCUT2D eigenvalue weighted by Crippen LogP contribution is -2.08. The molecule has 1 aromatic heterocycles. The summed E-state index contributed by atoms with van der Waals surface area (Å²) >= 11 is 0. The average molecular weight is 311 g/mol. The quantitative estimate of drug-likeness (QED) is 0.735. The van der Waals surface area contributed by atoms with Crippen molar-refractivity contribution in [3.63, 3.8) is 0 Å². The maximum Gasteiger partial charge on any atom is 0.0979 e. The van der Waals surface area contributed by atoms with Crippen LogP contribution in [0.1, 0.15) is 28.3 Å². The van der Waals surface area contributed by atoms with Crippen LogP contribution in [-0.2, 0) is 0 Å². The SMILES string of the molecule is Cc1ccc(C2C(C#N)=C(N)c3cccn3-c3ccccc32)cc1. The van der Waals surface area contributed by atoms with Gasteiger partial charge in [-0.05, 0) is 36.2 Å². The molecule has 0 aliphatic carbocycles. The molecule has 2 N–H and O–H groups in total. The predicted octanol–water partition coefficient (Wildman–Crippen LogP) is 4.12. The standard InChI is InChI=1S/C21H17N3/c1-14-8-10-15(11-9-14)20-16-5-2-3-6-18(16)24-12-4-7-19(24)21(23)17(20)13-22/h2-12,20H,23H2,1H3. The molecule has 1 unspecified atom stereocenters. The van der Waals surface area contributed by atoms with Crippen molar-refractivity contribution in [3.8, 4) is 11.8 Å². The molecule has 116 valence electrons. The fourth-order valence-corrected chi connectivity index (χ4v) is 3.44. The molecule has 3 aromatic rings. The highest BCUT2D eigenvalue weighted by atomic mass is 15.0. The van der Waals surface area contributed by atoms with Crippen molar-refractivity contribution < 1.29 is 0 Å². The Bertz CT molecular complexity index is 984. The molecule has 0 spiro atoms. The summed E-state index contributed by atoms with van der Waals surface area (Å²) in [6.45, 7) is 2.06. The Kier molecular flexibility index (Phi) is 3.25. The lowest BCUT2D eigenvalue weighted by atomic mass is 9.83. The van der Waals surface area contributed by atoms with Crippen molar-refractivity contribution >= 4 is 5.70 Å². The van der Waals surface area contributed by atoms with Gasteiger partial charge in [-0.25, -0.2) is 0 Å². The van der Waals surface area contributed by atoms with E-state index in [1.54, 1.807) is 0 Å². The van der Waals surface area contributed by atoms with E-state index in [2.05, 4.69) is 54.0 Å². The summed E-state index contributed by atoms with van der Waals surface area (Å²) < 4.78 is 2.07. The van der Waals surface area contributed by atoms with E-state index in [1.807, 2.05) is 30.5 Å². The molecule has 4 rings (SSSR count). The third-order valence-electron chi connectivity index (χ3n) is 4.64. The number of aryl methyl sites for hydroxylation is 1. The summed E-state index contributed by atoms with van der Waals surface area (Å²) in [5.41, 5.74) is 12.9. The number of hydrogen-bond donors (Lipinski definition) is 1. The summed E-state index contributed by atoms with van der Waals surface area (Å²) in [4.78, 5) is 0. The minimum Gasteiger partial charge on any atom is -0.396 e. The maximum atomic E-state index is 9.86. The molecule has 1 aliphatic rings. The minimum atomic E-state index is -0.160. The molecule has 0 saturated heterocycles. The number of para-hydroxylation sites is 1. The van der Waals surface area contributed by atoms with Gasteiger partial charge in [0.25, 0.3) is 0 Å². The Hall–Kier alpha value is -3.25. The number of nitriles is 1. The van der Waals surface area contributed by atoms with Gasteiger partial charge in [-0.3, -0.25) is 0 Å². The normalized spacial score (nSPS) is 16.1. The van der Waals surface area contributed by atoms with E-state index >= 15 is 0 Å². The number of nitrogens with two attached hydrogens (primary N) is 1. The van der Waals surface area contributed by atoms with Crippen LogP contribution in [0.2, 0.25) is 0 Å². The Morgan fingerprint density at radius 1 is 1.00 bits per heavy atom. The van der Waals surface area contributed by atoms with Crippen LogP contribution in [0.5, 0.6) is 0 Å². The largest absolute Gasteiger partial charge is 0.396 e. The van der Waals surface area contributed by atoms with Gasteiger partial charge in [0.2, 0.25) is 0 Å². The van der Waals surface area contributed by atoms with Gasteiger partial charge >= 0.3 is 0 Å². The van der Waals surface area contributed by atoms with E-state index in [0.29, 0.717) is 11.3 Å². The Balaban J connectivity index is 2.07. The van der Waals surface area contributed by atoms with Gasteiger partial charge in [-0.2, -0.15) is 5.26 Å². The molecule has 0 amide bonds. The predicted molar refractivity (Wildman–Crippen MR) is 95.5 cm³/mol. The van der Waals surface area contributed by atoms with Crippen LogP contribution in [0.15, 0.2) is 72.4 Å². The first-order valence-electron chi connectivity index (χ1n) is 7.94. The van der Waals surface area contributed by atoms with Gasteiger partial charge in [-0.15, -0.1) is 0 Å². The fraction of sp³-hybridized carbons (Fsp3) is 0.0952. The highest BCUT2D eigenvalue weighted by molar-refractivity contribution is 5.75.